The van der Waals surface area contributed by atoms with Gasteiger partial charge < -0.3 is 20.9 Å². The van der Waals surface area contributed by atoms with Crippen LogP contribution in [0.5, 0.6) is 0 Å². The second-order valence-electron chi connectivity index (χ2n) is 4.95. The largest absolute Gasteiger partial charge is 0.480 e. The maximum atomic E-state index is 12.1. The first-order valence-corrected chi connectivity index (χ1v) is 6.28. The van der Waals surface area contributed by atoms with E-state index in [0.29, 0.717) is 5.69 Å². The number of carbonyl (C=O) groups is 2. The monoisotopic (exact) mass is 280 g/mol. The van der Waals surface area contributed by atoms with E-state index >= 15 is 0 Å². The van der Waals surface area contributed by atoms with E-state index in [4.69, 9.17) is 15.6 Å². The molecule has 6 heteroatoms. The Hall–Kier alpha value is -2.08. The Bertz CT molecular complexity index is 469. The van der Waals surface area contributed by atoms with Gasteiger partial charge in [-0.15, -0.1) is 0 Å². The third kappa shape index (κ3) is 4.55. The van der Waals surface area contributed by atoms with Crippen molar-refractivity contribution in [3.05, 3.63) is 29.8 Å². The molecule has 0 aliphatic carbocycles. The number of nitrogens with two attached hydrogens (primary N) is 1. The SMILES string of the molecule is CC(C)(C(=O)NCCOCC(=O)O)c1ccc(N)cc1. The van der Waals surface area contributed by atoms with E-state index < -0.39 is 11.4 Å². The molecule has 0 bridgehead atoms. The molecule has 0 radical (unpaired) electrons. The summed E-state index contributed by atoms with van der Waals surface area (Å²) in [6.45, 7) is 3.69. The summed E-state index contributed by atoms with van der Waals surface area (Å²) >= 11 is 0. The Balaban J connectivity index is 2.48. The number of nitrogen functional groups attached to an aromatic ring is 1. The van der Waals surface area contributed by atoms with Crippen molar-refractivity contribution in [2.45, 2.75) is 19.3 Å². The van der Waals surface area contributed by atoms with Crippen LogP contribution in [0.2, 0.25) is 0 Å². The number of nitrogens with one attached hydrogen (secondary N) is 1. The molecule has 1 rings (SSSR count). The minimum atomic E-state index is -1.03. The summed E-state index contributed by atoms with van der Waals surface area (Å²) in [4.78, 5) is 22.4. The number of hydrogen-bond donors (Lipinski definition) is 3. The second-order valence-corrected chi connectivity index (χ2v) is 4.95. The molecule has 0 heterocycles. The molecule has 1 aromatic rings. The molecule has 0 atom stereocenters. The highest BCUT2D eigenvalue weighted by atomic mass is 16.5. The van der Waals surface area contributed by atoms with Crippen molar-refractivity contribution in [3.63, 3.8) is 0 Å². The average molecular weight is 280 g/mol. The molecule has 0 aromatic heterocycles. The van der Waals surface area contributed by atoms with Gasteiger partial charge in [0.2, 0.25) is 5.91 Å². The molecule has 20 heavy (non-hydrogen) atoms. The van der Waals surface area contributed by atoms with Gasteiger partial charge in [-0.05, 0) is 31.5 Å². The second kappa shape index (κ2) is 6.91. The lowest BCUT2D eigenvalue weighted by atomic mass is 9.83. The number of ether oxygens (including phenoxy) is 1. The number of hydrogen-bond acceptors (Lipinski definition) is 4. The maximum absolute atomic E-state index is 12.1. The van der Waals surface area contributed by atoms with Gasteiger partial charge in [0.15, 0.2) is 0 Å². The maximum Gasteiger partial charge on any atom is 0.329 e. The predicted molar refractivity (Wildman–Crippen MR) is 75.3 cm³/mol. The molecule has 0 saturated carbocycles. The van der Waals surface area contributed by atoms with Crippen LogP contribution in [-0.2, 0) is 19.7 Å². The van der Waals surface area contributed by atoms with Crippen LogP contribution >= 0.6 is 0 Å². The van der Waals surface area contributed by atoms with Gasteiger partial charge in [0.25, 0.3) is 0 Å². The molecule has 6 nitrogen and oxygen atoms in total. The number of amides is 1. The van der Waals surface area contributed by atoms with E-state index in [9.17, 15) is 9.59 Å². The van der Waals surface area contributed by atoms with Crippen molar-refractivity contribution in [1.82, 2.24) is 5.32 Å². The number of rotatable bonds is 7. The summed E-state index contributed by atoms with van der Waals surface area (Å²) in [6.07, 6.45) is 0. The van der Waals surface area contributed by atoms with Crippen LogP contribution in [0.3, 0.4) is 0 Å². The molecule has 0 spiro atoms. The quantitative estimate of drug-likeness (QED) is 0.505. The lowest BCUT2D eigenvalue weighted by molar-refractivity contribution is -0.142. The molecular weight excluding hydrogens is 260 g/mol. The fourth-order valence-corrected chi connectivity index (χ4v) is 1.65. The Morgan fingerprint density at radius 2 is 1.90 bits per heavy atom. The molecule has 0 aliphatic rings. The molecule has 0 unspecified atom stereocenters. The molecule has 1 amide bonds. The van der Waals surface area contributed by atoms with E-state index in [1.165, 1.54) is 0 Å². The highest BCUT2D eigenvalue weighted by Gasteiger charge is 2.29. The first-order chi connectivity index (χ1) is 9.34. The lowest BCUT2D eigenvalue weighted by Crippen LogP contribution is -2.41. The number of carboxylic acid groups (broad SMARTS) is 1. The van der Waals surface area contributed by atoms with E-state index in [1.807, 2.05) is 26.0 Å². The van der Waals surface area contributed by atoms with Gasteiger partial charge in [0.1, 0.15) is 6.61 Å². The molecule has 4 N–H and O–H groups in total. The van der Waals surface area contributed by atoms with Crippen LogP contribution in [0.25, 0.3) is 0 Å². The van der Waals surface area contributed by atoms with Crippen LogP contribution < -0.4 is 11.1 Å². The summed E-state index contributed by atoms with van der Waals surface area (Å²) in [5.74, 6) is -1.18. The van der Waals surface area contributed by atoms with Crippen molar-refractivity contribution in [3.8, 4) is 0 Å². The summed E-state index contributed by atoms with van der Waals surface area (Å²) in [5, 5.41) is 11.1. The summed E-state index contributed by atoms with van der Waals surface area (Å²) < 4.78 is 4.85. The number of anilines is 1. The Morgan fingerprint density at radius 3 is 2.45 bits per heavy atom. The van der Waals surface area contributed by atoms with Crippen molar-refractivity contribution in [2.75, 3.05) is 25.5 Å². The van der Waals surface area contributed by atoms with E-state index in [2.05, 4.69) is 5.32 Å². The predicted octanol–water partition coefficient (Wildman–Crippen LogP) is 0.764. The molecule has 0 fully saturated rings. The molecule has 1 aromatic carbocycles. The molecular formula is C14H20N2O4. The van der Waals surface area contributed by atoms with Crippen molar-refractivity contribution < 1.29 is 19.4 Å². The van der Waals surface area contributed by atoms with Gasteiger partial charge in [-0.2, -0.15) is 0 Å². The lowest BCUT2D eigenvalue weighted by Gasteiger charge is -2.24. The standard InChI is InChI=1S/C14H20N2O4/c1-14(2,10-3-5-11(15)6-4-10)13(19)16-7-8-20-9-12(17)18/h3-6H,7-9,15H2,1-2H3,(H,16,19)(H,17,18). The van der Waals surface area contributed by atoms with E-state index in [1.54, 1.807) is 12.1 Å². The van der Waals surface area contributed by atoms with Crippen LogP contribution in [-0.4, -0.2) is 36.7 Å². The Morgan fingerprint density at radius 1 is 1.30 bits per heavy atom. The van der Waals surface area contributed by atoms with Crippen LogP contribution in [0.4, 0.5) is 5.69 Å². The number of benzene rings is 1. The van der Waals surface area contributed by atoms with Crippen LogP contribution in [0.15, 0.2) is 24.3 Å². The Labute approximate surface area is 117 Å². The normalized spacial score (nSPS) is 11.1. The van der Waals surface area contributed by atoms with Crippen molar-refractivity contribution in [1.29, 1.82) is 0 Å². The number of aliphatic carboxylic acids is 1. The Kier molecular flexibility index (Phi) is 5.52. The number of carboxylic acids is 1. The summed E-state index contributed by atoms with van der Waals surface area (Å²) in [5.41, 5.74) is 6.43. The van der Waals surface area contributed by atoms with Gasteiger partial charge >= 0.3 is 5.97 Å². The van der Waals surface area contributed by atoms with Gasteiger partial charge in [-0.1, -0.05) is 12.1 Å². The van der Waals surface area contributed by atoms with Crippen LogP contribution in [0.1, 0.15) is 19.4 Å². The fourth-order valence-electron chi connectivity index (χ4n) is 1.65. The zero-order valence-corrected chi connectivity index (χ0v) is 11.7. The topological polar surface area (TPSA) is 102 Å². The first-order valence-electron chi connectivity index (χ1n) is 6.28. The summed E-state index contributed by atoms with van der Waals surface area (Å²) in [7, 11) is 0. The molecule has 0 saturated heterocycles. The number of carbonyl (C=O) groups excluding carboxylic acids is 1. The third-order valence-electron chi connectivity index (χ3n) is 2.96. The molecule has 0 aliphatic heterocycles. The van der Waals surface area contributed by atoms with E-state index in [-0.39, 0.29) is 25.7 Å². The highest BCUT2D eigenvalue weighted by molar-refractivity contribution is 5.87. The van der Waals surface area contributed by atoms with Crippen molar-refractivity contribution >= 4 is 17.6 Å². The van der Waals surface area contributed by atoms with Crippen molar-refractivity contribution in [2.24, 2.45) is 0 Å². The van der Waals surface area contributed by atoms with Gasteiger partial charge in [-0.25, -0.2) is 4.79 Å². The van der Waals surface area contributed by atoms with Crippen LogP contribution in [0, 0.1) is 0 Å². The fraction of sp³-hybridized carbons (Fsp3) is 0.429. The van der Waals surface area contributed by atoms with Gasteiger partial charge in [0, 0.05) is 12.2 Å². The van der Waals surface area contributed by atoms with Gasteiger partial charge in [-0.3, -0.25) is 4.79 Å². The minimum Gasteiger partial charge on any atom is -0.480 e. The van der Waals surface area contributed by atoms with E-state index in [0.717, 1.165) is 5.56 Å². The van der Waals surface area contributed by atoms with Gasteiger partial charge in [0.05, 0.1) is 12.0 Å². The minimum absolute atomic E-state index is 0.152. The summed E-state index contributed by atoms with van der Waals surface area (Å²) in [6, 6.07) is 7.13. The average Bonchev–Trinajstić information content (AvgIpc) is 2.38. The molecule has 110 valence electrons. The highest BCUT2D eigenvalue weighted by Crippen LogP contribution is 2.24. The third-order valence-corrected chi connectivity index (χ3v) is 2.96. The zero-order valence-electron chi connectivity index (χ0n) is 11.7. The first kappa shape index (κ1) is 16.0. The smallest absolute Gasteiger partial charge is 0.329 e. The zero-order chi connectivity index (χ0) is 15.2.